The Morgan fingerprint density at radius 3 is 2.36 bits per heavy atom. The van der Waals surface area contributed by atoms with E-state index in [0.717, 1.165) is 50.9 Å². The van der Waals surface area contributed by atoms with Crippen molar-refractivity contribution in [1.29, 1.82) is 0 Å². The van der Waals surface area contributed by atoms with Gasteiger partial charge in [0.1, 0.15) is 12.4 Å². The largest absolute Gasteiger partial charge is 0.464 e. The molecule has 4 heteroatoms. The predicted octanol–water partition coefficient (Wildman–Crippen LogP) is 3.28. The molecule has 1 aromatic rings. The van der Waals surface area contributed by atoms with E-state index in [-0.39, 0.29) is 11.8 Å². The number of carbonyl (C=O) groups is 1. The summed E-state index contributed by atoms with van der Waals surface area (Å²) in [6.45, 7) is 3.51. The van der Waals surface area contributed by atoms with Gasteiger partial charge < -0.3 is 4.74 Å². The van der Waals surface area contributed by atoms with Crippen LogP contribution in [-0.4, -0.2) is 37.1 Å². The first kappa shape index (κ1) is 15.5. The molecule has 120 valence electrons. The van der Waals surface area contributed by atoms with E-state index < -0.39 is 5.41 Å². The highest BCUT2D eigenvalue weighted by Crippen LogP contribution is 2.42. The molecule has 1 aromatic carbocycles. The summed E-state index contributed by atoms with van der Waals surface area (Å²) in [6, 6.07) is 6.35. The Bertz CT molecular complexity index is 502. The molecule has 22 heavy (non-hydrogen) atoms. The van der Waals surface area contributed by atoms with Crippen LogP contribution in [-0.2, 0) is 14.9 Å². The quantitative estimate of drug-likeness (QED) is 0.782. The molecule has 1 saturated heterocycles. The Morgan fingerprint density at radius 1 is 1.09 bits per heavy atom. The van der Waals surface area contributed by atoms with Crippen molar-refractivity contribution in [3.63, 3.8) is 0 Å². The van der Waals surface area contributed by atoms with Crippen LogP contribution in [0.25, 0.3) is 0 Å². The van der Waals surface area contributed by atoms with Crippen molar-refractivity contribution in [3.8, 4) is 0 Å². The molecule has 0 N–H and O–H groups in total. The van der Waals surface area contributed by atoms with E-state index in [0.29, 0.717) is 6.61 Å². The van der Waals surface area contributed by atoms with Crippen LogP contribution >= 0.6 is 0 Å². The maximum Gasteiger partial charge on any atom is 0.316 e. The monoisotopic (exact) mass is 305 g/mol. The number of ether oxygens (including phenoxy) is 1. The van der Waals surface area contributed by atoms with E-state index >= 15 is 0 Å². The number of hydrogen-bond donors (Lipinski definition) is 0. The summed E-state index contributed by atoms with van der Waals surface area (Å²) in [5.41, 5.74) is 0.344. The second-order valence-electron chi connectivity index (χ2n) is 6.48. The van der Waals surface area contributed by atoms with Crippen LogP contribution in [0.1, 0.15) is 44.1 Å². The lowest BCUT2D eigenvalue weighted by atomic mass is 9.79. The zero-order valence-electron chi connectivity index (χ0n) is 13.0. The first-order valence-corrected chi connectivity index (χ1v) is 8.36. The minimum Gasteiger partial charge on any atom is -0.464 e. The number of hydrogen-bond acceptors (Lipinski definition) is 3. The van der Waals surface area contributed by atoms with Crippen molar-refractivity contribution in [1.82, 2.24) is 4.90 Å². The van der Waals surface area contributed by atoms with E-state index in [1.54, 1.807) is 12.1 Å². The molecule has 3 rings (SSSR count). The second-order valence-corrected chi connectivity index (χ2v) is 6.48. The fourth-order valence-corrected chi connectivity index (χ4v) is 3.77. The molecular formula is C18H24FNO2. The van der Waals surface area contributed by atoms with Gasteiger partial charge in [-0.1, -0.05) is 25.0 Å². The number of esters is 1. The molecule has 2 fully saturated rings. The maximum absolute atomic E-state index is 13.2. The van der Waals surface area contributed by atoms with Crippen LogP contribution in [0, 0.1) is 5.82 Å². The summed E-state index contributed by atoms with van der Waals surface area (Å²) >= 11 is 0. The van der Waals surface area contributed by atoms with Crippen molar-refractivity contribution in [2.24, 2.45) is 0 Å². The molecule has 0 radical (unpaired) electrons. The van der Waals surface area contributed by atoms with Gasteiger partial charge in [0.25, 0.3) is 0 Å². The van der Waals surface area contributed by atoms with E-state index in [4.69, 9.17) is 4.74 Å². The van der Waals surface area contributed by atoms with Crippen molar-refractivity contribution in [2.45, 2.75) is 43.9 Å². The second kappa shape index (κ2) is 6.78. The van der Waals surface area contributed by atoms with Crippen molar-refractivity contribution >= 4 is 5.97 Å². The number of halogens is 1. The standard InChI is InChI=1S/C18H24FNO2/c19-16-7-5-15(6-8-16)18(9-1-2-10-18)17(21)22-14-13-20-11-3-4-12-20/h5-8H,1-4,9-14H2. The molecule has 2 aliphatic rings. The first-order chi connectivity index (χ1) is 10.7. The Morgan fingerprint density at radius 2 is 1.73 bits per heavy atom. The van der Waals surface area contributed by atoms with E-state index in [2.05, 4.69) is 4.90 Å². The molecule has 0 aromatic heterocycles. The van der Waals surface area contributed by atoms with Crippen molar-refractivity contribution < 1.29 is 13.9 Å². The van der Waals surface area contributed by atoms with Gasteiger partial charge in [-0.25, -0.2) is 4.39 Å². The molecule has 0 unspecified atom stereocenters. The molecule has 1 aliphatic heterocycles. The normalized spacial score (nSPS) is 21.1. The zero-order valence-corrected chi connectivity index (χ0v) is 13.0. The topological polar surface area (TPSA) is 29.5 Å². The summed E-state index contributed by atoms with van der Waals surface area (Å²) < 4.78 is 18.8. The summed E-state index contributed by atoms with van der Waals surface area (Å²) in [5.74, 6) is -0.393. The molecule has 0 spiro atoms. The lowest BCUT2D eigenvalue weighted by molar-refractivity contribution is -0.151. The third-order valence-corrected chi connectivity index (χ3v) is 5.08. The number of benzene rings is 1. The van der Waals surface area contributed by atoms with Crippen molar-refractivity contribution in [3.05, 3.63) is 35.6 Å². The smallest absolute Gasteiger partial charge is 0.316 e. The molecule has 1 aliphatic carbocycles. The van der Waals surface area contributed by atoms with Gasteiger partial charge in [-0.3, -0.25) is 9.69 Å². The minimum atomic E-state index is -0.557. The summed E-state index contributed by atoms with van der Waals surface area (Å²) in [4.78, 5) is 15.0. The molecular weight excluding hydrogens is 281 g/mol. The SMILES string of the molecule is O=C(OCCN1CCCC1)C1(c2ccc(F)cc2)CCCC1. The van der Waals surface area contributed by atoms with Gasteiger partial charge in [-0.2, -0.15) is 0 Å². The number of likely N-dealkylation sites (tertiary alicyclic amines) is 1. The Hall–Kier alpha value is -1.42. The van der Waals surface area contributed by atoms with Gasteiger partial charge in [0.15, 0.2) is 0 Å². The van der Waals surface area contributed by atoms with Crippen LogP contribution in [0.3, 0.4) is 0 Å². The third kappa shape index (κ3) is 3.17. The number of nitrogens with zero attached hydrogens (tertiary/aromatic N) is 1. The highest BCUT2D eigenvalue weighted by Gasteiger charge is 2.44. The highest BCUT2D eigenvalue weighted by atomic mass is 19.1. The van der Waals surface area contributed by atoms with Crippen LogP contribution in [0.15, 0.2) is 24.3 Å². The van der Waals surface area contributed by atoms with Gasteiger partial charge in [0.05, 0.1) is 5.41 Å². The summed E-state index contributed by atoms with van der Waals surface area (Å²) in [6.07, 6.45) is 6.15. The molecule has 1 saturated carbocycles. The Kier molecular flexibility index (Phi) is 4.77. The fourth-order valence-electron chi connectivity index (χ4n) is 3.77. The highest BCUT2D eigenvalue weighted by molar-refractivity contribution is 5.83. The van der Waals surface area contributed by atoms with Crippen molar-refractivity contribution in [2.75, 3.05) is 26.2 Å². The minimum absolute atomic E-state index is 0.129. The van der Waals surface area contributed by atoms with Crippen LogP contribution < -0.4 is 0 Å². The van der Waals surface area contributed by atoms with Crippen LogP contribution in [0.2, 0.25) is 0 Å². The Labute approximate surface area is 131 Å². The average Bonchev–Trinajstić information content (AvgIpc) is 3.20. The van der Waals surface area contributed by atoms with Gasteiger partial charge in [-0.05, 0) is 56.5 Å². The summed E-state index contributed by atoms with van der Waals surface area (Å²) in [7, 11) is 0. The first-order valence-electron chi connectivity index (χ1n) is 8.36. The van der Waals surface area contributed by atoms with Gasteiger partial charge in [0.2, 0.25) is 0 Å². The molecule has 3 nitrogen and oxygen atoms in total. The lowest BCUT2D eigenvalue weighted by Crippen LogP contribution is -2.36. The van der Waals surface area contributed by atoms with E-state index in [1.807, 2.05) is 0 Å². The van der Waals surface area contributed by atoms with Gasteiger partial charge in [-0.15, -0.1) is 0 Å². The van der Waals surface area contributed by atoms with Gasteiger partial charge in [0, 0.05) is 6.54 Å². The predicted molar refractivity (Wildman–Crippen MR) is 83.2 cm³/mol. The molecule has 0 amide bonds. The Balaban J connectivity index is 1.64. The molecule has 0 atom stereocenters. The van der Waals surface area contributed by atoms with E-state index in [9.17, 15) is 9.18 Å². The lowest BCUT2D eigenvalue weighted by Gasteiger charge is -2.27. The maximum atomic E-state index is 13.2. The number of rotatable bonds is 5. The summed E-state index contributed by atoms with van der Waals surface area (Å²) in [5, 5.41) is 0. The fraction of sp³-hybridized carbons (Fsp3) is 0.611. The molecule has 0 bridgehead atoms. The third-order valence-electron chi connectivity index (χ3n) is 5.08. The van der Waals surface area contributed by atoms with Crippen LogP contribution in [0.4, 0.5) is 4.39 Å². The van der Waals surface area contributed by atoms with E-state index in [1.165, 1.54) is 25.0 Å². The van der Waals surface area contributed by atoms with Crippen LogP contribution in [0.5, 0.6) is 0 Å². The zero-order chi connectivity index (χ0) is 15.4. The van der Waals surface area contributed by atoms with Gasteiger partial charge >= 0.3 is 5.97 Å². The average molecular weight is 305 g/mol. The molecule has 1 heterocycles. The number of carbonyl (C=O) groups excluding carboxylic acids is 1.